The van der Waals surface area contributed by atoms with Gasteiger partial charge in [-0.3, -0.25) is 10.1 Å². The van der Waals surface area contributed by atoms with Gasteiger partial charge in [0.05, 0.1) is 13.2 Å². The Morgan fingerprint density at radius 1 is 1.56 bits per heavy atom. The number of benzene rings is 1. The molecule has 1 amide bonds. The molecule has 4 nitrogen and oxygen atoms in total. The average molecular weight is 248 g/mol. The molecule has 1 aromatic carbocycles. The van der Waals surface area contributed by atoms with Gasteiger partial charge in [-0.05, 0) is 49.4 Å². The number of aryl methyl sites for hydroxylation is 1. The summed E-state index contributed by atoms with van der Waals surface area (Å²) in [6.07, 6.45) is 3.24. The van der Waals surface area contributed by atoms with Crippen LogP contribution in [0, 0.1) is 0 Å². The third kappa shape index (κ3) is 2.64. The Labute approximate surface area is 108 Å². The van der Waals surface area contributed by atoms with Crippen LogP contribution in [0.1, 0.15) is 36.9 Å². The predicted molar refractivity (Wildman–Crippen MR) is 70.5 cm³/mol. The van der Waals surface area contributed by atoms with Gasteiger partial charge >= 0.3 is 0 Å². The maximum Gasteiger partial charge on any atom is 0.234 e. The van der Waals surface area contributed by atoms with Crippen LogP contribution < -0.4 is 15.8 Å². The van der Waals surface area contributed by atoms with Gasteiger partial charge in [-0.25, -0.2) is 0 Å². The van der Waals surface area contributed by atoms with Crippen molar-refractivity contribution in [3.8, 4) is 5.75 Å². The molecule has 0 radical (unpaired) electrons. The Kier molecular flexibility index (Phi) is 3.87. The summed E-state index contributed by atoms with van der Waals surface area (Å²) in [5, 5.41) is 3.30. The van der Waals surface area contributed by atoms with Gasteiger partial charge < -0.3 is 10.5 Å². The van der Waals surface area contributed by atoms with E-state index < -0.39 is 0 Å². The van der Waals surface area contributed by atoms with Crippen LogP contribution in [0.15, 0.2) is 18.2 Å². The van der Waals surface area contributed by atoms with Crippen LogP contribution in [0.5, 0.6) is 5.75 Å². The lowest BCUT2D eigenvalue weighted by molar-refractivity contribution is -0.119. The van der Waals surface area contributed by atoms with E-state index in [1.165, 1.54) is 11.1 Å². The highest BCUT2D eigenvalue weighted by atomic mass is 16.5. The summed E-state index contributed by atoms with van der Waals surface area (Å²) in [4.78, 5) is 11.1. The lowest BCUT2D eigenvalue weighted by atomic mass is 9.87. The van der Waals surface area contributed by atoms with Crippen LogP contribution in [0.25, 0.3) is 0 Å². The second-order valence-corrected chi connectivity index (χ2v) is 4.80. The summed E-state index contributed by atoms with van der Waals surface area (Å²) in [6, 6.07) is 6.02. The number of ether oxygens (including phenoxy) is 1. The molecule has 1 aromatic rings. The minimum Gasteiger partial charge on any atom is -0.497 e. The van der Waals surface area contributed by atoms with Crippen LogP contribution in [-0.4, -0.2) is 19.1 Å². The van der Waals surface area contributed by atoms with Crippen LogP contribution in [0.4, 0.5) is 0 Å². The van der Waals surface area contributed by atoms with Gasteiger partial charge in [-0.1, -0.05) is 6.07 Å². The van der Waals surface area contributed by atoms with Crippen molar-refractivity contribution >= 4 is 5.91 Å². The van der Waals surface area contributed by atoms with E-state index in [9.17, 15) is 4.79 Å². The first-order valence-corrected chi connectivity index (χ1v) is 6.34. The van der Waals surface area contributed by atoms with E-state index in [1.807, 2.05) is 6.07 Å². The second-order valence-electron chi connectivity index (χ2n) is 4.80. The number of rotatable bonds is 4. The molecule has 2 rings (SSSR count). The number of hydrogen-bond acceptors (Lipinski definition) is 3. The number of fused-ring (bicyclic) bond motifs is 1. The standard InChI is InChI=1S/C14H20N2O2/c1-9(14(15)17)16-13-5-3-4-10-6-7-11(18-2)8-12(10)13/h6-9,13,16H,3-5H2,1-2H3,(H2,15,17). The van der Waals surface area contributed by atoms with Gasteiger partial charge in [-0.2, -0.15) is 0 Å². The number of nitrogens with one attached hydrogen (secondary N) is 1. The van der Waals surface area contributed by atoms with Gasteiger partial charge in [0.25, 0.3) is 0 Å². The van der Waals surface area contributed by atoms with Crippen molar-refractivity contribution < 1.29 is 9.53 Å². The number of primary amides is 1. The summed E-state index contributed by atoms with van der Waals surface area (Å²) in [6.45, 7) is 1.80. The van der Waals surface area contributed by atoms with Crippen molar-refractivity contribution in [3.63, 3.8) is 0 Å². The molecule has 1 aliphatic rings. The zero-order valence-corrected chi connectivity index (χ0v) is 10.9. The van der Waals surface area contributed by atoms with E-state index in [-0.39, 0.29) is 18.0 Å². The maximum atomic E-state index is 11.1. The SMILES string of the molecule is COc1ccc2c(c1)C(NC(C)C(N)=O)CCC2. The molecule has 0 aliphatic heterocycles. The monoisotopic (exact) mass is 248 g/mol. The number of carbonyl (C=O) groups excluding carboxylic acids is 1. The fraction of sp³-hybridized carbons (Fsp3) is 0.500. The van der Waals surface area contributed by atoms with E-state index in [0.29, 0.717) is 0 Å². The molecule has 0 saturated carbocycles. The highest BCUT2D eigenvalue weighted by Gasteiger charge is 2.23. The lowest BCUT2D eigenvalue weighted by Gasteiger charge is -2.28. The molecule has 0 fully saturated rings. The Hall–Kier alpha value is -1.55. The molecule has 2 unspecified atom stereocenters. The first-order valence-electron chi connectivity index (χ1n) is 6.34. The molecule has 3 N–H and O–H groups in total. The van der Waals surface area contributed by atoms with E-state index in [0.717, 1.165) is 25.0 Å². The normalized spacial score (nSPS) is 20.0. The van der Waals surface area contributed by atoms with Crippen molar-refractivity contribution in [2.45, 2.75) is 38.3 Å². The molecule has 1 aliphatic carbocycles. The van der Waals surface area contributed by atoms with Crippen molar-refractivity contribution in [3.05, 3.63) is 29.3 Å². The molecule has 0 spiro atoms. The van der Waals surface area contributed by atoms with Gasteiger partial charge in [0.15, 0.2) is 0 Å². The lowest BCUT2D eigenvalue weighted by Crippen LogP contribution is -2.41. The van der Waals surface area contributed by atoms with Crippen LogP contribution in [-0.2, 0) is 11.2 Å². The number of carbonyl (C=O) groups is 1. The van der Waals surface area contributed by atoms with Crippen LogP contribution in [0.2, 0.25) is 0 Å². The zero-order chi connectivity index (χ0) is 13.1. The Morgan fingerprint density at radius 3 is 3.00 bits per heavy atom. The Bertz CT molecular complexity index is 445. The minimum atomic E-state index is -0.315. The largest absolute Gasteiger partial charge is 0.497 e. The van der Waals surface area contributed by atoms with E-state index >= 15 is 0 Å². The fourth-order valence-corrected chi connectivity index (χ4v) is 2.46. The van der Waals surface area contributed by atoms with Gasteiger partial charge in [0.2, 0.25) is 5.91 Å². The summed E-state index contributed by atoms with van der Waals surface area (Å²) in [7, 11) is 1.67. The quantitative estimate of drug-likeness (QED) is 0.849. The molecule has 4 heteroatoms. The first-order chi connectivity index (χ1) is 8.61. The molecule has 2 atom stereocenters. The molecular weight excluding hydrogens is 228 g/mol. The minimum absolute atomic E-state index is 0.186. The van der Waals surface area contributed by atoms with Gasteiger partial charge in [0.1, 0.15) is 5.75 Å². The topological polar surface area (TPSA) is 64.3 Å². The second kappa shape index (κ2) is 5.40. The predicted octanol–water partition coefficient (Wildman–Crippen LogP) is 1.54. The first kappa shape index (κ1) is 12.9. The summed E-state index contributed by atoms with van der Waals surface area (Å²) in [5.74, 6) is 0.541. The summed E-state index contributed by atoms with van der Waals surface area (Å²) < 4.78 is 5.26. The number of nitrogens with two attached hydrogens (primary N) is 1. The molecule has 0 aromatic heterocycles. The van der Waals surface area contributed by atoms with Crippen molar-refractivity contribution in [2.24, 2.45) is 5.73 Å². The van der Waals surface area contributed by atoms with Gasteiger partial charge in [0, 0.05) is 6.04 Å². The number of hydrogen-bond donors (Lipinski definition) is 2. The van der Waals surface area contributed by atoms with E-state index in [4.69, 9.17) is 10.5 Å². The van der Waals surface area contributed by atoms with E-state index in [1.54, 1.807) is 14.0 Å². The molecule has 18 heavy (non-hydrogen) atoms. The van der Waals surface area contributed by atoms with Gasteiger partial charge in [-0.15, -0.1) is 0 Å². The summed E-state index contributed by atoms with van der Waals surface area (Å²) >= 11 is 0. The fourth-order valence-electron chi connectivity index (χ4n) is 2.46. The van der Waals surface area contributed by atoms with Crippen molar-refractivity contribution in [1.82, 2.24) is 5.32 Å². The van der Waals surface area contributed by atoms with Crippen LogP contribution >= 0.6 is 0 Å². The van der Waals surface area contributed by atoms with Crippen LogP contribution in [0.3, 0.4) is 0 Å². The van der Waals surface area contributed by atoms with Crippen molar-refractivity contribution in [1.29, 1.82) is 0 Å². The number of amides is 1. The molecule has 0 saturated heterocycles. The Morgan fingerprint density at radius 2 is 2.33 bits per heavy atom. The smallest absolute Gasteiger partial charge is 0.234 e. The molecule has 0 bridgehead atoms. The summed E-state index contributed by atoms with van der Waals surface area (Å²) in [5.41, 5.74) is 7.86. The molecule has 98 valence electrons. The zero-order valence-electron chi connectivity index (χ0n) is 10.9. The third-order valence-electron chi connectivity index (χ3n) is 3.55. The maximum absolute atomic E-state index is 11.1. The third-order valence-corrected chi connectivity index (χ3v) is 3.55. The Balaban J connectivity index is 2.23. The number of methoxy groups -OCH3 is 1. The molecular formula is C14H20N2O2. The highest BCUT2D eigenvalue weighted by molar-refractivity contribution is 5.79. The highest BCUT2D eigenvalue weighted by Crippen LogP contribution is 2.32. The van der Waals surface area contributed by atoms with E-state index in [2.05, 4.69) is 17.4 Å². The van der Waals surface area contributed by atoms with Crippen molar-refractivity contribution in [2.75, 3.05) is 7.11 Å². The average Bonchev–Trinajstić information content (AvgIpc) is 2.38. The molecule has 0 heterocycles.